The fraction of sp³-hybridized carbons (Fsp3) is 0.381. The summed E-state index contributed by atoms with van der Waals surface area (Å²) in [4.78, 5) is 12.4. The van der Waals surface area contributed by atoms with Gasteiger partial charge in [-0.2, -0.15) is 0 Å². The molecule has 1 amide bonds. The van der Waals surface area contributed by atoms with Crippen molar-refractivity contribution in [1.82, 2.24) is 0 Å². The Hall–Kier alpha value is -2.09. The zero-order valence-electron chi connectivity index (χ0n) is 15.0. The van der Waals surface area contributed by atoms with Gasteiger partial charge in [0.15, 0.2) is 0 Å². The van der Waals surface area contributed by atoms with Crippen LogP contribution >= 0.6 is 0 Å². The van der Waals surface area contributed by atoms with Gasteiger partial charge in [-0.1, -0.05) is 82.6 Å². The molecule has 1 N–H and O–H groups in total. The number of carbonyl (C=O) groups excluding carboxylic acids is 1. The third kappa shape index (κ3) is 3.82. The van der Waals surface area contributed by atoms with Gasteiger partial charge in [-0.25, -0.2) is 0 Å². The van der Waals surface area contributed by atoms with Crippen LogP contribution in [-0.4, -0.2) is 5.91 Å². The summed E-state index contributed by atoms with van der Waals surface area (Å²) < 4.78 is 0. The number of carbonyl (C=O) groups is 1. The van der Waals surface area contributed by atoms with Crippen molar-refractivity contribution in [2.45, 2.75) is 47.0 Å². The molecule has 0 saturated carbocycles. The van der Waals surface area contributed by atoms with E-state index in [2.05, 4.69) is 56.4 Å². The minimum atomic E-state index is -0.418. The van der Waals surface area contributed by atoms with Crippen molar-refractivity contribution in [3.05, 3.63) is 65.2 Å². The Kier molecular flexibility index (Phi) is 4.65. The van der Waals surface area contributed by atoms with Gasteiger partial charge in [-0.05, 0) is 24.1 Å². The van der Waals surface area contributed by atoms with Crippen molar-refractivity contribution >= 4 is 11.6 Å². The van der Waals surface area contributed by atoms with Crippen LogP contribution in [0.25, 0.3) is 0 Å². The lowest BCUT2D eigenvalue weighted by atomic mass is 9.76. The Labute approximate surface area is 139 Å². The summed E-state index contributed by atoms with van der Waals surface area (Å²) in [6.07, 6.45) is 0. The molecule has 0 heterocycles. The summed E-state index contributed by atoms with van der Waals surface area (Å²) in [5, 5.41) is 3.11. The molecule has 0 aliphatic rings. The average Bonchev–Trinajstić information content (AvgIpc) is 2.49. The summed E-state index contributed by atoms with van der Waals surface area (Å²) in [6.45, 7) is 12.3. The topological polar surface area (TPSA) is 29.1 Å². The van der Waals surface area contributed by atoms with Gasteiger partial charge < -0.3 is 5.32 Å². The molecule has 2 aromatic carbocycles. The predicted molar refractivity (Wildman–Crippen MR) is 97.8 cm³/mol. The quantitative estimate of drug-likeness (QED) is 0.818. The number of hydrogen-bond donors (Lipinski definition) is 1. The largest absolute Gasteiger partial charge is 0.325 e. The first-order valence-corrected chi connectivity index (χ1v) is 8.10. The van der Waals surface area contributed by atoms with Gasteiger partial charge in [0.1, 0.15) is 0 Å². The minimum absolute atomic E-state index is 0.0338. The van der Waals surface area contributed by atoms with E-state index in [1.165, 1.54) is 11.1 Å². The molecule has 122 valence electrons. The highest BCUT2D eigenvalue weighted by molar-refractivity contribution is 5.95. The number of aryl methyl sites for hydroxylation is 1. The van der Waals surface area contributed by atoms with Crippen LogP contribution < -0.4 is 5.32 Å². The summed E-state index contributed by atoms with van der Waals surface area (Å²) in [5.41, 5.74) is 3.85. The van der Waals surface area contributed by atoms with Crippen LogP contribution in [0.1, 0.15) is 51.3 Å². The van der Waals surface area contributed by atoms with Gasteiger partial charge in [0.2, 0.25) is 5.91 Å². The van der Waals surface area contributed by atoms with Crippen LogP contribution in [0.5, 0.6) is 0 Å². The SMILES string of the molecule is Cc1ccc(NC(=O)C(C)(C)C)c(C(C)(C)c2ccccc2)c1. The van der Waals surface area contributed by atoms with Crippen LogP contribution in [0.4, 0.5) is 5.69 Å². The van der Waals surface area contributed by atoms with Gasteiger partial charge >= 0.3 is 0 Å². The predicted octanol–water partition coefficient (Wildman–Crippen LogP) is 5.31. The Morgan fingerprint density at radius 3 is 2.09 bits per heavy atom. The van der Waals surface area contributed by atoms with Crippen LogP contribution in [0.3, 0.4) is 0 Å². The highest BCUT2D eigenvalue weighted by Gasteiger charge is 2.28. The lowest BCUT2D eigenvalue weighted by Gasteiger charge is -2.30. The van der Waals surface area contributed by atoms with Crippen molar-refractivity contribution in [3.63, 3.8) is 0 Å². The van der Waals surface area contributed by atoms with Crippen LogP contribution in [0, 0.1) is 12.3 Å². The van der Waals surface area contributed by atoms with E-state index in [-0.39, 0.29) is 11.3 Å². The average molecular weight is 309 g/mol. The number of hydrogen-bond acceptors (Lipinski definition) is 1. The maximum atomic E-state index is 12.4. The second-order valence-corrected chi connectivity index (χ2v) is 7.74. The molecule has 2 heteroatoms. The number of benzene rings is 2. The van der Waals surface area contributed by atoms with E-state index in [9.17, 15) is 4.79 Å². The van der Waals surface area contributed by atoms with E-state index in [0.29, 0.717) is 0 Å². The molecule has 2 nitrogen and oxygen atoms in total. The Bertz CT molecular complexity index is 694. The fourth-order valence-corrected chi connectivity index (χ4v) is 2.60. The van der Waals surface area contributed by atoms with E-state index in [4.69, 9.17) is 0 Å². The van der Waals surface area contributed by atoms with Gasteiger partial charge in [-0.15, -0.1) is 0 Å². The lowest BCUT2D eigenvalue weighted by Crippen LogP contribution is -2.30. The molecule has 0 saturated heterocycles. The first-order valence-electron chi connectivity index (χ1n) is 8.10. The molecule has 23 heavy (non-hydrogen) atoms. The zero-order valence-corrected chi connectivity index (χ0v) is 15.0. The minimum Gasteiger partial charge on any atom is -0.325 e. The maximum Gasteiger partial charge on any atom is 0.229 e. The molecule has 0 aliphatic carbocycles. The van der Waals surface area contributed by atoms with Crippen LogP contribution in [-0.2, 0) is 10.2 Å². The first kappa shape index (κ1) is 17.3. The molecule has 0 bridgehead atoms. The molecule has 0 spiro atoms. The summed E-state index contributed by atoms with van der Waals surface area (Å²) in [5.74, 6) is 0.0338. The second kappa shape index (κ2) is 6.19. The van der Waals surface area contributed by atoms with E-state index >= 15 is 0 Å². The van der Waals surface area contributed by atoms with Crippen molar-refractivity contribution < 1.29 is 4.79 Å². The maximum absolute atomic E-state index is 12.4. The van der Waals surface area contributed by atoms with Crippen molar-refractivity contribution in [2.24, 2.45) is 5.41 Å². The normalized spacial score (nSPS) is 12.1. The smallest absolute Gasteiger partial charge is 0.229 e. The van der Waals surface area contributed by atoms with Gasteiger partial charge in [-0.3, -0.25) is 4.79 Å². The van der Waals surface area contributed by atoms with Crippen molar-refractivity contribution in [1.29, 1.82) is 0 Å². The summed E-state index contributed by atoms with van der Waals surface area (Å²) in [7, 11) is 0. The highest BCUT2D eigenvalue weighted by atomic mass is 16.2. The summed E-state index contributed by atoms with van der Waals surface area (Å²) in [6, 6.07) is 16.6. The second-order valence-electron chi connectivity index (χ2n) is 7.74. The number of anilines is 1. The Morgan fingerprint density at radius 2 is 1.52 bits per heavy atom. The fourth-order valence-electron chi connectivity index (χ4n) is 2.60. The van der Waals surface area contributed by atoms with Gasteiger partial charge in [0.05, 0.1) is 0 Å². The van der Waals surface area contributed by atoms with Gasteiger partial charge in [0, 0.05) is 16.5 Å². The third-order valence-corrected chi connectivity index (χ3v) is 4.27. The van der Waals surface area contributed by atoms with E-state index in [1.54, 1.807) is 0 Å². The molecule has 0 fully saturated rings. The molecule has 0 aromatic heterocycles. The van der Waals surface area contributed by atoms with E-state index < -0.39 is 5.41 Å². The van der Waals surface area contributed by atoms with Crippen molar-refractivity contribution in [2.75, 3.05) is 5.32 Å². The van der Waals surface area contributed by atoms with E-state index in [0.717, 1.165) is 11.3 Å². The molecule has 2 aromatic rings. The summed E-state index contributed by atoms with van der Waals surface area (Å²) >= 11 is 0. The Balaban J connectivity index is 2.49. The molecular weight excluding hydrogens is 282 g/mol. The number of amides is 1. The monoisotopic (exact) mass is 309 g/mol. The van der Waals surface area contributed by atoms with Gasteiger partial charge in [0.25, 0.3) is 0 Å². The number of rotatable bonds is 3. The highest BCUT2D eigenvalue weighted by Crippen LogP contribution is 2.37. The van der Waals surface area contributed by atoms with Crippen LogP contribution in [0.2, 0.25) is 0 Å². The standard InChI is InChI=1S/C21H27NO/c1-15-12-13-18(22-19(23)20(2,3)4)17(14-15)21(5,6)16-10-8-7-9-11-16/h7-14H,1-6H3,(H,22,23). The Morgan fingerprint density at radius 1 is 0.913 bits per heavy atom. The molecule has 0 atom stereocenters. The first-order chi connectivity index (χ1) is 10.6. The molecule has 0 aliphatic heterocycles. The van der Waals surface area contributed by atoms with Crippen molar-refractivity contribution in [3.8, 4) is 0 Å². The molecule has 0 unspecified atom stereocenters. The molecule has 2 rings (SSSR count). The third-order valence-electron chi connectivity index (χ3n) is 4.27. The molecular formula is C21H27NO. The zero-order chi connectivity index (χ0) is 17.3. The van der Waals surface area contributed by atoms with E-state index in [1.807, 2.05) is 39.0 Å². The lowest BCUT2D eigenvalue weighted by molar-refractivity contribution is -0.123. The molecule has 0 radical (unpaired) electrons. The number of nitrogens with one attached hydrogen (secondary N) is 1. The van der Waals surface area contributed by atoms with Crippen LogP contribution in [0.15, 0.2) is 48.5 Å².